The maximum absolute atomic E-state index is 12.2. The van der Waals surface area contributed by atoms with Crippen LogP contribution in [-0.2, 0) is 11.3 Å². The zero-order valence-electron chi connectivity index (χ0n) is 12.3. The van der Waals surface area contributed by atoms with Crippen LogP contribution in [0.15, 0.2) is 30.6 Å². The summed E-state index contributed by atoms with van der Waals surface area (Å²) >= 11 is 0. The third-order valence-corrected chi connectivity index (χ3v) is 3.60. The Kier molecular flexibility index (Phi) is 5.16. The van der Waals surface area contributed by atoms with Crippen LogP contribution in [0, 0.1) is 5.92 Å². The summed E-state index contributed by atoms with van der Waals surface area (Å²) in [4.78, 5) is 12.2. The van der Waals surface area contributed by atoms with Gasteiger partial charge in [0.15, 0.2) is 0 Å². The molecular weight excluding hydrogens is 250 g/mol. The molecule has 4 heteroatoms. The number of nitrogens with zero attached hydrogens (tertiary/aromatic N) is 2. The number of carbonyl (C=O) groups is 1. The van der Waals surface area contributed by atoms with Gasteiger partial charge in [0, 0.05) is 24.2 Å². The fourth-order valence-corrected chi connectivity index (χ4v) is 2.55. The molecule has 0 aliphatic rings. The van der Waals surface area contributed by atoms with Crippen LogP contribution >= 0.6 is 0 Å². The van der Waals surface area contributed by atoms with Crippen LogP contribution in [-0.4, -0.2) is 15.5 Å². The highest BCUT2D eigenvalue weighted by atomic mass is 16.1. The minimum Gasteiger partial charge on any atom is -0.352 e. The van der Waals surface area contributed by atoms with Crippen molar-refractivity contribution in [3.63, 3.8) is 0 Å². The lowest BCUT2D eigenvalue weighted by atomic mass is 9.97. The molecule has 2 heterocycles. The maximum Gasteiger partial charge on any atom is 0.223 e. The van der Waals surface area contributed by atoms with Gasteiger partial charge in [0.25, 0.3) is 0 Å². The van der Waals surface area contributed by atoms with Gasteiger partial charge in [0.05, 0.1) is 11.7 Å². The number of amides is 1. The van der Waals surface area contributed by atoms with Gasteiger partial charge in [-0.05, 0) is 25.0 Å². The summed E-state index contributed by atoms with van der Waals surface area (Å²) < 4.78 is 1.83. The highest BCUT2D eigenvalue weighted by Crippen LogP contribution is 2.15. The summed E-state index contributed by atoms with van der Waals surface area (Å²) in [7, 11) is 0. The SMILES string of the molecule is CCCC(CCC)C(=O)NCc1cnn2ccccc12. The average molecular weight is 273 g/mol. The van der Waals surface area contributed by atoms with Crippen molar-refractivity contribution >= 4 is 11.4 Å². The monoisotopic (exact) mass is 273 g/mol. The Morgan fingerprint density at radius 2 is 2.05 bits per heavy atom. The van der Waals surface area contributed by atoms with Gasteiger partial charge in [-0.3, -0.25) is 4.79 Å². The molecule has 2 aromatic rings. The highest BCUT2D eigenvalue weighted by molar-refractivity contribution is 5.78. The zero-order chi connectivity index (χ0) is 14.4. The van der Waals surface area contributed by atoms with E-state index in [2.05, 4.69) is 24.3 Å². The maximum atomic E-state index is 12.2. The molecule has 0 bridgehead atoms. The lowest BCUT2D eigenvalue weighted by Crippen LogP contribution is -2.30. The zero-order valence-corrected chi connectivity index (χ0v) is 12.3. The van der Waals surface area contributed by atoms with E-state index in [-0.39, 0.29) is 11.8 Å². The third kappa shape index (κ3) is 3.38. The van der Waals surface area contributed by atoms with Crippen molar-refractivity contribution < 1.29 is 4.79 Å². The Bertz CT molecular complexity index is 556. The molecule has 0 saturated carbocycles. The summed E-state index contributed by atoms with van der Waals surface area (Å²) in [6, 6.07) is 5.95. The molecule has 0 aromatic carbocycles. The van der Waals surface area contributed by atoms with Gasteiger partial charge in [-0.15, -0.1) is 0 Å². The topological polar surface area (TPSA) is 46.4 Å². The van der Waals surface area contributed by atoms with Crippen molar-refractivity contribution in [2.75, 3.05) is 0 Å². The van der Waals surface area contributed by atoms with Crippen LogP contribution < -0.4 is 5.32 Å². The van der Waals surface area contributed by atoms with Crippen molar-refractivity contribution in [1.82, 2.24) is 14.9 Å². The van der Waals surface area contributed by atoms with Gasteiger partial charge in [0.2, 0.25) is 5.91 Å². The summed E-state index contributed by atoms with van der Waals surface area (Å²) in [6.45, 7) is 4.80. The van der Waals surface area contributed by atoms with Gasteiger partial charge in [-0.1, -0.05) is 32.8 Å². The quantitative estimate of drug-likeness (QED) is 0.842. The van der Waals surface area contributed by atoms with Crippen molar-refractivity contribution in [1.29, 1.82) is 0 Å². The first-order valence-electron chi connectivity index (χ1n) is 7.45. The number of hydrogen-bond acceptors (Lipinski definition) is 2. The number of pyridine rings is 1. The van der Waals surface area contributed by atoms with Crippen LogP contribution in [0.5, 0.6) is 0 Å². The van der Waals surface area contributed by atoms with Crippen LogP contribution in [0.2, 0.25) is 0 Å². The lowest BCUT2D eigenvalue weighted by Gasteiger charge is -2.14. The van der Waals surface area contributed by atoms with E-state index in [9.17, 15) is 4.79 Å². The third-order valence-electron chi connectivity index (χ3n) is 3.60. The van der Waals surface area contributed by atoms with E-state index in [1.165, 1.54) is 0 Å². The van der Waals surface area contributed by atoms with E-state index >= 15 is 0 Å². The predicted octanol–water partition coefficient (Wildman–Crippen LogP) is 3.17. The molecule has 2 aromatic heterocycles. The van der Waals surface area contributed by atoms with E-state index in [1.807, 2.05) is 35.1 Å². The number of rotatable bonds is 7. The van der Waals surface area contributed by atoms with Crippen LogP contribution in [0.1, 0.15) is 45.1 Å². The summed E-state index contributed by atoms with van der Waals surface area (Å²) in [5.74, 6) is 0.316. The number of hydrogen-bond donors (Lipinski definition) is 1. The standard InChI is InChI=1S/C16H23N3O/c1-3-7-13(8-4-2)16(20)17-11-14-12-18-19-10-6-5-9-15(14)19/h5-6,9-10,12-13H,3-4,7-8,11H2,1-2H3,(H,17,20). The molecule has 0 unspecified atom stereocenters. The number of carbonyl (C=O) groups excluding carboxylic acids is 1. The molecule has 108 valence electrons. The first-order valence-corrected chi connectivity index (χ1v) is 7.45. The average Bonchev–Trinajstić information content (AvgIpc) is 2.88. The summed E-state index contributed by atoms with van der Waals surface area (Å²) in [6.07, 6.45) is 7.77. The Morgan fingerprint density at radius 1 is 1.30 bits per heavy atom. The fourth-order valence-electron chi connectivity index (χ4n) is 2.55. The van der Waals surface area contributed by atoms with E-state index < -0.39 is 0 Å². The molecule has 0 saturated heterocycles. The highest BCUT2D eigenvalue weighted by Gasteiger charge is 2.16. The minimum absolute atomic E-state index is 0.145. The second kappa shape index (κ2) is 7.08. The van der Waals surface area contributed by atoms with Crippen LogP contribution in [0.25, 0.3) is 5.52 Å². The molecule has 4 nitrogen and oxygen atoms in total. The minimum atomic E-state index is 0.145. The van der Waals surface area contributed by atoms with E-state index in [1.54, 1.807) is 0 Å². The fraction of sp³-hybridized carbons (Fsp3) is 0.500. The first-order chi connectivity index (χ1) is 9.76. The van der Waals surface area contributed by atoms with Gasteiger partial charge in [0.1, 0.15) is 0 Å². The van der Waals surface area contributed by atoms with Crippen molar-refractivity contribution in [3.05, 3.63) is 36.2 Å². The van der Waals surface area contributed by atoms with Gasteiger partial charge < -0.3 is 5.32 Å². The molecule has 0 aliphatic carbocycles. The predicted molar refractivity (Wildman–Crippen MR) is 80.3 cm³/mol. The van der Waals surface area contributed by atoms with E-state index in [4.69, 9.17) is 0 Å². The van der Waals surface area contributed by atoms with Crippen molar-refractivity contribution in [3.8, 4) is 0 Å². The lowest BCUT2D eigenvalue weighted by molar-refractivity contribution is -0.125. The number of aromatic nitrogens is 2. The molecule has 0 fully saturated rings. The van der Waals surface area contributed by atoms with E-state index in [0.717, 1.165) is 36.8 Å². The Morgan fingerprint density at radius 3 is 2.75 bits per heavy atom. The Labute approximate surface area is 120 Å². The van der Waals surface area contributed by atoms with E-state index in [0.29, 0.717) is 6.54 Å². The largest absolute Gasteiger partial charge is 0.352 e. The molecule has 0 atom stereocenters. The molecule has 1 amide bonds. The first kappa shape index (κ1) is 14.6. The summed E-state index contributed by atoms with van der Waals surface area (Å²) in [5.41, 5.74) is 2.11. The van der Waals surface area contributed by atoms with Crippen LogP contribution in [0.3, 0.4) is 0 Å². The Hall–Kier alpha value is -1.84. The van der Waals surface area contributed by atoms with Crippen molar-refractivity contribution in [2.45, 2.75) is 46.1 Å². The normalized spacial score (nSPS) is 11.2. The second-order valence-corrected chi connectivity index (χ2v) is 5.19. The number of nitrogens with one attached hydrogen (secondary N) is 1. The smallest absolute Gasteiger partial charge is 0.223 e. The number of fused-ring (bicyclic) bond motifs is 1. The molecule has 0 radical (unpaired) electrons. The Balaban J connectivity index is 1.98. The van der Waals surface area contributed by atoms with Gasteiger partial charge in [-0.2, -0.15) is 5.10 Å². The molecule has 2 rings (SSSR count). The van der Waals surface area contributed by atoms with Crippen molar-refractivity contribution in [2.24, 2.45) is 5.92 Å². The van der Waals surface area contributed by atoms with Gasteiger partial charge in [-0.25, -0.2) is 4.52 Å². The molecule has 0 aliphatic heterocycles. The summed E-state index contributed by atoms with van der Waals surface area (Å²) in [5, 5.41) is 7.33. The van der Waals surface area contributed by atoms with Gasteiger partial charge >= 0.3 is 0 Å². The molecular formula is C16H23N3O. The van der Waals surface area contributed by atoms with Crippen LogP contribution in [0.4, 0.5) is 0 Å². The molecule has 0 spiro atoms. The second-order valence-electron chi connectivity index (χ2n) is 5.19. The molecule has 20 heavy (non-hydrogen) atoms. The molecule has 1 N–H and O–H groups in total.